The molecule has 2 N–H and O–H groups in total. The number of hydrogen-bond acceptors (Lipinski definition) is 2. The Morgan fingerprint density at radius 3 is 2.71 bits per heavy atom. The summed E-state index contributed by atoms with van der Waals surface area (Å²) in [5.41, 5.74) is 5.77. The number of benzene rings is 1. The molecule has 4 heteroatoms. The molecule has 1 fully saturated rings. The quantitative estimate of drug-likeness (QED) is 0.806. The summed E-state index contributed by atoms with van der Waals surface area (Å²) in [6.07, 6.45) is 3.13. The lowest BCUT2D eigenvalue weighted by atomic mass is 9.81. The number of ketones is 1. The molecule has 0 radical (unpaired) electrons. The van der Waals surface area contributed by atoms with Crippen LogP contribution >= 0.6 is 0 Å². The molecule has 2 nitrogen and oxygen atoms in total. The lowest BCUT2D eigenvalue weighted by Gasteiger charge is -2.25. The van der Waals surface area contributed by atoms with Crippen LogP contribution in [0.4, 0.5) is 8.78 Å². The molecule has 0 bridgehead atoms. The number of Topliss-reactive ketones (excluding diaryl/α,β-unsaturated/α-hetero) is 1. The molecule has 0 heterocycles. The first kappa shape index (κ1) is 12.2. The van der Waals surface area contributed by atoms with Gasteiger partial charge in [-0.05, 0) is 31.4 Å². The lowest BCUT2D eigenvalue weighted by molar-refractivity contribution is 0.0877. The minimum Gasteiger partial charge on any atom is -0.328 e. The van der Waals surface area contributed by atoms with E-state index in [0.29, 0.717) is 6.42 Å². The first-order valence-corrected chi connectivity index (χ1v) is 5.83. The van der Waals surface area contributed by atoms with Crippen LogP contribution in [0.5, 0.6) is 0 Å². The van der Waals surface area contributed by atoms with Crippen molar-refractivity contribution < 1.29 is 13.6 Å². The maximum absolute atomic E-state index is 13.5. The van der Waals surface area contributed by atoms with Gasteiger partial charge < -0.3 is 5.73 Å². The van der Waals surface area contributed by atoms with Gasteiger partial charge in [-0.15, -0.1) is 0 Å². The second-order valence-electron chi connectivity index (χ2n) is 4.61. The Morgan fingerprint density at radius 1 is 1.29 bits per heavy atom. The summed E-state index contributed by atoms with van der Waals surface area (Å²) >= 11 is 0. The van der Waals surface area contributed by atoms with Crippen LogP contribution in [0.2, 0.25) is 0 Å². The summed E-state index contributed by atoms with van der Waals surface area (Å²) < 4.78 is 26.2. The first-order chi connectivity index (χ1) is 8.08. The van der Waals surface area contributed by atoms with Crippen LogP contribution in [0.25, 0.3) is 0 Å². The molecular formula is C13H15F2NO. The van der Waals surface area contributed by atoms with E-state index in [1.165, 1.54) is 6.07 Å². The van der Waals surface area contributed by atoms with Crippen molar-refractivity contribution in [2.24, 2.45) is 11.7 Å². The van der Waals surface area contributed by atoms with E-state index >= 15 is 0 Å². The summed E-state index contributed by atoms with van der Waals surface area (Å²) in [5.74, 6) is -1.93. The normalized spacial score (nSPS) is 24.6. The van der Waals surface area contributed by atoms with Gasteiger partial charge in [0.2, 0.25) is 0 Å². The third-order valence-corrected chi connectivity index (χ3v) is 3.28. The van der Waals surface area contributed by atoms with E-state index in [2.05, 4.69) is 0 Å². The van der Waals surface area contributed by atoms with E-state index in [1.54, 1.807) is 0 Å². The molecule has 2 rings (SSSR count). The molecule has 0 aliphatic heterocycles. The predicted octanol–water partition coefficient (Wildman–Crippen LogP) is 2.67. The fourth-order valence-electron chi connectivity index (χ4n) is 2.37. The monoisotopic (exact) mass is 239 g/mol. The van der Waals surface area contributed by atoms with Crippen molar-refractivity contribution in [3.05, 3.63) is 35.4 Å². The van der Waals surface area contributed by atoms with Gasteiger partial charge in [-0.3, -0.25) is 4.79 Å². The van der Waals surface area contributed by atoms with Crippen molar-refractivity contribution in [3.8, 4) is 0 Å². The number of carbonyl (C=O) groups excluding carboxylic acids is 1. The molecule has 0 saturated heterocycles. The molecular weight excluding hydrogens is 224 g/mol. The highest BCUT2D eigenvalue weighted by atomic mass is 19.1. The highest BCUT2D eigenvalue weighted by Gasteiger charge is 2.27. The van der Waals surface area contributed by atoms with Crippen molar-refractivity contribution in [2.45, 2.75) is 31.7 Å². The molecule has 0 aromatic heterocycles. The summed E-state index contributed by atoms with van der Waals surface area (Å²) in [7, 11) is 0. The van der Waals surface area contributed by atoms with Crippen LogP contribution < -0.4 is 5.73 Å². The molecule has 2 unspecified atom stereocenters. The van der Waals surface area contributed by atoms with Crippen molar-refractivity contribution in [3.63, 3.8) is 0 Å². The molecule has 92 valence electrons. The molecule has 1 aliphatic carbocycles. The fourth-order valence-corrected chi connectivity index (χ4v) is 2.37. The Balaban J connectivity index is 2.18. The largest absolute Gasteiger partial charge is 0.328 e. The van der Waals surface area contributed by atoms with Crippen molar-refractivity contribution in [1.82, 2.24) is 0 Å². The van der Waals surface area contributed by atoms with Crippen LogP contribution in [0.1, 0.15) is 36.0 Å². The zero-order valence-electron chi connectivity index (χ0n) is 9.46. The van der Waals surface area contributed by atoms with Gasteiger partial charge in [-0.2, -0.15) is 0 Å². The fraction of sp³-hybridized carbons (Fsp3) is 0.462. The third kappa shape index (κ3) is 2.69. The third-order valence-electron chi connectivity index (χ3n) is 3.28. The van der Waals surface area contributed by atoms with Gasteiger partial charge >= 0.3 is 0 Å². The summed E-state index contributed by atoms with van der Waals surface area (Å²) in [6.45, 7) is 0. The standard InChI is InChI=1S/C13H15F2NO/c14-9-4-5-11(12(15)7-9)13(17)8-2-1-3-10(16)6-8/h4-5,7-8,10H,1-3,6,16H2. The van der Waals surface area contributed by atoms with Gasteiger partial charge in [0.05, 0.1) is 5.56 Å². The van der Waals surface area contributed by atoms with Crippen LogP contribution in [-0.4, -0.2) is 11.8 Å². The molecule has 1 saturated carbocycles. The maximum Gasteiger partial charge on any atom is 0.168 e. The van der Waals surface area contributed by atoms with E-state index in [1.807, 2.05) is 0 Å². The lowest BCUT2D eigenvalue weighted by Crippen LogP contribution is -2.31. The number of rotatable bonds is 2. The first-order valence-electron chi connectivity index (χ1n) is 5.83. The summed E-state index contributed by atoms with van der Waals surface area (Å²) in [4.78, 5) is 12.1. The van der Waals surface area contributed by atoms with E-state index in [4.69, 9.17) is 5.73 Å². The van der Waals surface area contributed by atoms with Gasteiger partial charge in [0.15, 0.2) is 5.78 Å². The number of carbonyl (C=O) groups is 1. The Morgan fingerprint density at radius 2 is 2.06 bits per heavy atom. The van der Waals surface area contributed by atoms with Gasteiger partial charge in [0.25, 0.3) is 0 Å². The van der Waals surface area contributed by atoms with Crippen LogP contribution in [0.3, 0.4) is 0 Å². The van der Waals surface area contributed by atoms with Crippen LogP contribution in [0.15, 0.2) is 18.2 Å². The van der Waals surface area contributed by atoms with Crippen LogP contribution in [0, 0.1) is 17.6 Å². The zero-order valence-corrected chi connectivity index (χ0v) is 9.46. The smallest absolute Gasteiger partial charge is 0.168 e. The number of halogens is 2. The maximum atomic E-state index is 13.5. The molecule has 0 amide bonds. The molecule has 0 spiro atoms. The van der Waals surface area contributed by atoms with Crippen LogP contribution in [-0.2, 0) is 0 Å². The second-order valence-corrected chi connectivity index (χ2v) is 4.61. The molecule has 1 aromatic rings. The average Bonchev–Trinajstić information content (AvgIpc) is 2.28. The Bertz CT molecular complexity index is 433. The number of hydrogen-bond donors (Lipinski definition) is 1. The Hall–Kier alpha value is -1.29. The highest BCUT2D eigenvalue weighted by Crippen LogP contribution is 2.27. The molecule has 17 heavy (non-hydrogen) atoms. The van der Waals surface area contributed by atoms with Crippen molar-refractivity contribution in [2.75, 3.05) is 0 Å². The summed E-state index contributed by atoms with van der Waals surface area (Å²) in [6, 6.07) is 3.09. The van der Waals surface area contributed by atoms with Gasteiger partial charge in [-0.25, -0.2) is 8.78 Å². The SMILES string of the molecule is NC1CCCC(C(=O)c2ccc(F)cc2F)C1. The highest BCUT2D eigenvalue weighted by molar-refractivity contribution is 5.98. The minimum absolute atomic E-state index is 0.0150. The van der Waals surface area contributed by atoms with E-state index in [9.17, 15) is 13.6 Å². The Labute approximate surface area is 98.8 Å². The molecule has 1 aliphatic rings. The van der Waals surface area contributed by atoms with Gasteiger partial charge in [0, 0.05) is 18.0 Å². The predicted molar refractivity (Wildman–Crippen MR) is 60.6 cm³/mol. The van der Waals surface area contributed by atoms with E-state index in [-0.39, 0.29) is 23.3 Å². The average molecular weight is 239 g/mol. The molecule has 1 aromatic carbocycles. The van der Waals surface area contributed by atoms with E-state index < -0.39 is 11.6 Å². The minimum atomic E-state index is -0.783. The summed E-state index contributed by atoms with van der Waals surface area (Å²) in [5, 5.41) is 0. The topological polar surface area (TPSA) is 43.1 Å². The number of nitrogens with two attached hydrogens (primary N) is 1. The van der Waals surface area contributed by atoms with Gasteiger partial charge in [0.1, 0.15) is 11.6 Å². The van der Waals surface area contributed by atoms with Crippen molar-refractivity contribution in [1.29, 1.82) is 0 Å². The second kappa shape index (κ2) is 4.92. The van der Waals surface area contributed by atoms with Gasteiger partial charge in [-0.1, -0.05) is 6.42 Å². The van der Waals surface area contributed by atoms with Crippen molar-refractivity contribution >= 4 is 5.78 Å². The van der Waals surface area contributed by atoms with E-state index in [0.717, 1.165) is 31.4 Å². The zero-order chi connectivity index (χ0) is 12.4. The molecule has 2 atom stereocenters. The Kier molecular flexibility index (Phi) is 3.52.